The third kappa shape index (κ3) is 3.11. The van der Waals surface area contributed by atoms with Crippen molar-refractivity contribution in [3.05, 3.63) is 35.9 Å². The molecule has 1 aromatic carbocycles. The SMILES string of the molecule is Cn1cnnc1CN1CCC[C@@](C)(Cc2ccc3c(c2)OCO3)C1. The van der Waals surface area contributed by atoms with Crippen LogP contribution < -0.4 is 9.47 Å². The maximum atomic E-state index is 5.52. The molecule has 0 spiro atoms. The first-order valence-electron chi connectivity index (χ1n) is 8.55. The normalized spacial score (nSPS) is 23.6. The molecule has 4 rings (SSSR count). The topological polar surface area (TPSA) is 52.4 Å². The predicted octanol–water partition coefficient (Wildman–Crippen LogP) is 2.39. The van der Waals surface area contributed by atoms with Crippen molar-refractivity contribution in [3.8, 4) is 11.5 Å². The fraction of sp³-hybridized carbons (Fsp3) is 0.556. The molecule has 6 heteroatoms. The van der Waals surface area contributed by atoms with Crippen LogP contribution in [-0.4, -0.2) is 39.5 Å². The first kappa shape index (κ1) is 15.4. The van der Waals surface area contributed by atoms with Gasteiger partial charge in [0, 0.05) is 13.6 Å². The molecule has 0 bridgehead atoms. The summed E-state index contributed by atoms with van der Waals surface area (Å²) in [5.41, 5.74) is 1.59. The third-order valence-corrected chi connectivity index (χ3v) is 5.10. The molecule has 1 saturated heterocycles. The Hall–Kier alpha value is -2.08. The second-order valence-electron chi connectivity index (χ2n) is 7.35. The van der Waals surface area contributed by atoms with Crippen molar-refractivity contribution in [2.24, 2.45) is 12.5 Å². The first-order chi connectivity index (χ1) is 11.6. The van der Waals surface area contributed by atoms with E-state index in [0.29, 0.717) is 6.79 Å². The molecule has 0 unspecified atom stereocenters. The number of ether oxygens (including phenoxy) is 2. The average molecular weight is 328 g/mol. The third-order valence-electron chi connectivity index (χ3n) is 5.10. The lowest BCUT2D eigenvalue weighted by molar-refractivity contribution is 0.0940. The van der Waals surface area contributed by atoms with Gasteiger partial charge in [0.1, 0.15) is 12.2 Å². The number of aromatic nitrogens is 3. The van der Waals surface area contributed by atoms with Crippen LogP contribution in [0, 0.1) is 5.41 Å². The van der Waals surface area contributed by atoms with Crippen molar-refractivity contribution in [2.75, 3.05) is 19.9 Å². The van der Waals surface area contributed by atoms with Gasteiger partial charge in [0.25, 0.3) is 0 Å². The van der Waals surface area contributed by atoms with Crippen LogP contribution >= 0.6 is 0 Å². The molecule has 2 aromatic rings. The minimum absolute atomic E-state index is 0.268. The summed E-state index contributed by atoms with van der Waals surface area (Å²) in [4.78, 5) is 2.50. The number of hydrogen-bond acceptors (Lipinski definition) is 5. The van der Waals surface area contributed by atoms with E-state index in [4.69, 9.17) is 9.47 Å². The van der Waals surface area contributed by atoms with Gasteiger partial charge in [-0.25, -0.2) is 0 Å². The van der Waals surface area contributed by atoms with E-state index >= 15 is 0 Å². The van der Waals surface area contributed by atoms with Crippen molar-refractivity contribution in [3.63, 3.8) is 0 Å². The van der Waals surface area contributed by atoms with Crippen LogP contribution in [0.15, 0.2) is 24.5 Å². The molecule has 1 fully saturated rings. The van der Waals surface area contributed by atoms with Gasteiger partial charge in [0.05, 0.1) is 6.54 Å². The highest BCUT2D eigenvalue weighted by Gasteiger charge is 2.32. The molecule has 24 heavy (non-hydrogen) atoms. The molecule has 0 aliphatic carbocycles. The number of aryl methyl sites for hydroxylation is 1. The van der Waals surface area contributed by atoms with Gasteiger partial charge in [-0.05, 0) is 48.9 Å². The number of piperidine rings is 1. The lowest BCUT2D eigenvalue weighted by Gasteiger charge is -2.40. The summed E-state index contributed by atoms with van der Waals surface area (Å²) < 4.78 is 12.9. The van der Waals surface area contributed by atoms with Crippen molar-refractivity contribution in [1.29, 1.82) is 0 Å². The predicted molar refractivity (Wildman–Crippen MR) is 89.9 cm³/mol. The van der Waals surface area contributed by atoms with Gasteiger partial charge in [-0.3, -0.25) is 4.90 Å². The van der Waals surface area contributed by atoms with E-state index in [1.54, 1.807) is 6.33 Å². The van der Waals surface area contributed by atoms with Gasteiger partial charge in [0.15, 0.2) is 11.5 Å². The molecule has 128 valence electrons. The van der Waals surface area contributed by atoms with Crippen LogP contribution in [0.4, 0.5) is 0 Å². The Morgan fingerprint density at radius 2 is 2.12 bits per heavy atom. The van der Waals surface area contributed by atoms with Gasteiger partial charge in [-0.15, -0.1) is 10.2 Å². The molecule has 0 radical (unpaired) electrons. The molecule has 6 nitrogen and oxygen atoms in total. The Morgan fingerprint density at radius 1 is 1.25 bits per heavy atom. The highest BCUT2D eigenvalue weighted by Crippen LogP contribution is 2.37. The monoisotopic (exact) mass is 328 g/mol. The number of hydrogen-bond donors (Lipinski definition) is 0. The zero-order valence-corrected chi connectivity index (χ0v) is 14.4. The lowest BCUT2D eigenvalue weighted by Crippen LogP contribution is -2.42. The number of likely N-dealkylation sites (tertiary alicyclic amines) is 1. The summed E-state index contributed by atoms with van der Waals surface area (Å²) in [5, 5.41) is 8.21. The second kappa shape index (κ2) is 6.09. The maximum absolute atomic E-state index is 5.52. The molecule has 1 atom stereocenters. The van der Waals surface area contributed by atoms with Crippen molar-refractivity contribution in [2.45, 2.75) is 32.7 Å². The molecule has 2 aliphatic rings. The van der Waals surface area contributed by atoms with E-state index in [9.17, 15) is 0 Å². The zero-order chi connectivity index (χ0) is 16.6. The largest absolute Gasteiger partial charge is 0.454 e. The van der Waals surface area contributed by atoms with Crippen LogP contribution in [-0.2, 0) is 20.0 Å². The van der Waals surface area contributed by atoms with Gasteiger partial charge in [-0.1, -0.05) is 13.0 Å². The first-order valence-corrected chi connectivity index (χ1v) is 8.55. The highest BCUT2D eigenvalue weighted by molar-refractivity contribution is 5.44. The molecule has 0 amide bonds. The van der Waals surface area contributed by atoms with E-state index < -0.39 is 0 Å². The maximum Gasteiger partial charge on any atom is 0.231 e. The molecular weight excluding hydrogens is 304 g/mol. The second-order valence-corrected chi connectivity index (χ2v) is 7.35. The molecule has 2 aliphatic heterocycles. The molecule has 0 saturated carbocycles. The number of nitrogens with zero attached hydrogens (tertiary/aromatic N) is 4. The quantitative estimate of drug-likeness (QED) is 0.862. The standard InChI is InChI=1S/C18H24N4O2/c1-18(9-14-4-5-15-16(8-14)24-13-23-15)6-3-7-22(11-18)10-17-20-19-12-21(17)2/h4-5,8,12H,3,6-7,9-11,13H2,1-2H3/t18-/m0/s1. The van der Waals surface area contributed by atoms with E-state index in [1.807, 2.05) is 17.7 Å². The summed E-state index contributed by atoms with van der Waals surface area (Å²) in [5.74, 6) is 2.77. The van der Waals surface area contributed by atoms with E-state index in [0.717, 1.165) is 43.4 Å². The van der Waals surface area contributed by atoms with Gasteiger partial charge in [0.2, 0.25) is 6.79 Å². The summed E-state index contributed by atoms with van der Waals surface area (Å²) in [6, 6.07) is 6.33. The van der Waals surface area contributed by atoms with E-state index in [1.165, 1.54) is 18.4 Å². The van der Waals surface area contributed by atoms with Gasteiger partial charge >= 0.3 is 0 Å². The molecule has 1 aromatic heterocycles. The Kier molecular flexibility index (Phi) is 3.92. The van der Waals surface area contributed by atoms with Crippen LogP contribution in [0.1, 0.15) is 31.2 Å². The summed E-state index contributed by atoms with van der Waals surface area (Å²) in [7, 11) is 2.01. The van der Waals surface area contributed by atoms with E-state index in [-0.39, 0.29) is 5.41 Å². The molecule has 0 N–H and O–H groups in total. The van der Waals surface area contributed by atoms with Crippen molar-refractivity contribution < 1.29 is 9.47 Å². The highest BCUT2D eigenvalue weighted by atomic mass is 16.7. The molecule has 3 heterocycles. The molecular formula is C18H24N4O2. The fourth-order valence-corrected chi connectivity index (χ4v) is 3.90. The minimum Gasteiger partial charge on any atom is -0.454 e. The van der Waals surface area contributed by atoms with Crippen LogP contribution in [0.25, 0.3) is 0 Å². The number of fused-ring (bicyclic) bond motifs is 1. The Bertz CT molecular complexity index is 730. The Balaban J connectivity index is 1.45. The Labute approximate surface area is 142 Å². The van der Waals surface area contributed by atoms with Gasteiger partial charge < -0.3 is 14.0 Å². The fourth-order valence-electron chi connectivity index (χ4n) is 3.90. The van der Waals surface area contributed by atoms with Crippen LogP contribution in [0.3, 0.4) is 0 Å². The van der Waals surface area contributed by atoms with Crippen molar-refractivity contribution in [1.82, 2.24) is 19.7 Å². The van der Waals surface area contributed by atoms with Crippen LogP contribution in [0.5, 0.6) is 11.5 Å². The average Bonchev–Trinajstić information content (AvgIpc) is 3.16. The smallest absolute Gasteiger partial charge is 0.231 e. The zero-order valence-electron chi connectivity index (χ0n) is 14.4. The summed E-state index contributed by atoms with van der Waals surface area (Å²) in [6.45, 7) is 5.80. The summed E-state index contributed by atoms with van der Waals surface area (Å²) in [6.07, 6.45) is 5.29. The van der Waals surface area contributed by atoms with Gasteiger partial charge in [-0.2, -0.15) is 0 Å². The summed E-state index contributed by atoms with van der Waals surface area (Å²) >= 11 is 0. The van der Waals surface area contributed by atoms with E-state index in [2.05, 4.69) is 34.2 Å². The number of benzene rings is 1. The van der Waals surface area contributed by atoms with Crippen LogP contribution in [0.2, 0.25) is 0 Å². The number of rotatable bonds is 4. The lowest BCUT2D eigenvalue weighted by atomic mass is 9.77. The Morgan fingerprint density at radius 3 is 2.96 bits per heavy atom. The minimum atomic E-state index is 0.268. The van der Waals surface area contributed by atoms with Crippen molar-refractivity contribution >= 4 is 0 Å².